The van der Waals surface area contributed by atoms with Crippen molar-refractivity contribution in [1.29, 1.82) is 0 Å². The maximum Gasteiger partial charge on any atom is 0.295 e. The van der Waals surface area contributed by atoms with Gasteiger partial charge in [0.2, 0.25) is 0 Å². The van der Waals surface area contributed by atoms with Crippen molar-refractivity contribution in [3.05, 3.63) is 81.4 Å². The van der Waals surface area contributed by atoms with Crippen LogP contribution in [0.25, 0.3) is 5.76 Å². The SMILES string of the molecule is O=C([O-])CCCN1C(=O)C(=O)C(=C(O)c2ccccc2)[C@@H]1c1ccccc1[N+](=O)[O-]. The van der Waals surface area contributed by atoms with Crippen molar-refractivity contribution in [2.45, 2.75) is 18.9 Å². The summed E-state index contributed by atoms with van der Waals surface area (Å²) in [7, 11) is 0. The Labute approximate surface area is 171 Å². The molecule has 0 radical (unpaired) electrons. The molecule has 0 bridgehead atoms. The van der Waals surface area contributed by atoms with E-state index < -0.39 is 34.4 Å². The first-order valence-corrected chi connectivity index (χ1v) is 9.10. The number of para-hydroxylation sites is 1. The summed E-state index contributed by atoms with van der Waals surface area (Å²) in [5.74, 6) is -3.74. The van der Waals surface area contributed by atoms with Crippen LogP contribution in [0.1, 0.15) is 30.0 Å². The molecule has 1 amide bonds. The molecule has 1 atom stereocenters. The fourth-order valence-electron chi connectivity index (χ4n) is 3.46. The highest BCUT2D eigenvalue weighted by atomic mass is 16.6. The highest BCUT2D eigenvalue weighted by molar-refractivity contribution is 6.46. The van der Waals surface area contributed by atoms with Crippen LogP contribution in [-0.2, 0) is 14.4 Å². The number of carbonyl (C=O) groups is 3. The second kappa shape index (κ2) is 8.56. The van der Waals surface area contributed by atoms with E-state index in [-0.39, 0.29) is 41.8 Å². The Morgan fingerprint density at radius 2 is 1.70 bits per heavy atom. The van der Waals surface area contributed by atoms with Crippen molar-refractivity contribution in [3.8, 4) is 0 Å². The van der Waals surface area contributed by atoms with E-state index in [0.717, 1.165) is 4.90 Å². The van der Waals surface area contributed by atoms with Crippen LogP contribution in [0, 0.1) is 10.1 Å². The van der Waals surface area contributed by atoms with Gasteiger partial charge in [-0.1, -0.05) is 42.5 Å². The fourth-order valence-corrected chi connectivity index (χ4v) is 3.46. The molecule has 1 aliphatic heterocycles. The molecule has 1 fully saturated rings. The lowest BCUT2D eigenvalue weighted by molar-refractivity contribution is -0.385. The Morgan fingerprint density at radius 3 is 2.33 bits per heavy atom. The zero-order valence-electron chi connectivity index (χ0n) is 15.7. The van der Waals surface area contributed by atoms with Gasteiger partial charge in [0.15, 0.2) is 0 Å². The van der Waals surface area contributed by atoms with Gasteiger partial charge in [-0.25, -0.2) is 0 Å². The molecule has 154 valence electrons. The van der Waals surface area contributed by atoms with Crippen LogP contribution in [0.3, 0.4) is 0 Å². The number of ketones is 1. The van der Waals surface area contributed by atoms with Crippen LogP contribution >= 0.6 is 0 Å². The fraction of sp³-hybridized carbons (Fsp3) is 0.190. The molecule has 3 rings (SSSR count). The van der Waals surface area contributed by atoms with Crippen LogP contribution in [0.15, 0.2) is 60.2 Å². The number of aliphatic hydroxyl groups excluding tert-OH is 1. The number of Topliss-reactive ketones (excluding diaryl/α,β-unsaturated/α-hetero) is 1. The molecule has 1 N–H and O–H groups in total. The van der Waals surface area contributed by atoms with Gasteiger partial charge < -0.3 is 19.9 Å². The first-order chi connectivity index (χ1) is 14.3. The Kier molecular flexibility index (Phi) is 5.91. The van der Waals surface area contributed by atoms with Gasteiger partial charge >= 0.3 is 0 Å². The summed E-state index contributed by atoms with van der Waals surface area (Å²) in [5, 5.41) is 33.1. The molecular formula is C21H17N2O7-. The van der Waals surface area contributed by atoms with Crippen molar-refractivity contribution in [3.63, 3.8) is 0 Å². The number of rotatable bonds is 7. The van der Waals surface area contributed by atoms with E-state index >= 15 is 0 Å². The summed E-state index contributed by atoms with van der Waals surface area (Å²) in [5.41, 5.74) is -0.288. The number of carboxylic acids is 1. The first-order valence-electron chi connectivity index (χ1n) is 9.10. The van der Waals surface area contributed by atoms with Crippen molar-refractivity contribution < 1.29 is 29.5 Å². The van der Waals surface area contributed by atoms with Crippen molar-refractivity contribution >= 4 is 29.1 Å². The molecule has 2 aromatic rings. The van der Waals surface area contributed by atoms with E-state index in [2.05, 4.69) is 0 Å². The minimum atomic E-state index is -1.32. The summed E-state index contributed by atoms with van der Waals surface area (Å²) in [6, 6.07) is 12.4. The summed E-state index contributed by atoms with van der Waals surface area (Å²) >= 11 is 0. The van der Waals surface area contributed by atoms with Gasteiger partial charge in [0.25, 0.3) is 17.4 Å². The average Bonchev–Trinajstić information content (AvgIpc) is 2.98. The Balaban J connectivity index is 2.18. The van der Waals surface area contributed by atoms with Crippen molar-refractivity contribution in [1.82, 2.24) is 4.90 Å². The standard InChI is InChI=1S/C21H18N2O7/c24-16(25)11-6-12-22-18(14-9-4-5-10-15(14)23(29)30)17(20(27)21(22)28)19(26)13-7-2-1-3-8-13/h1-5,7-10,18,26H,6,11-12H2,(H,24,25)/p-1/t18-/m0/s1. The zero-order chi connectivity index (χ0) is 21.8. The smallest absolute Gasteiger partial charge is 0.295 e. The molecular weight excluding hydrogens is 392 g/mol. The summed E-state index contributed by atoms with van der Waals surface area (Å²) in [6.45, 7) is -0.152. The number of benzene rings is 2. The normalized spacial score (nSPS) is 17.9. The van der Waals surface area contributed by atoms with E-state index in [4.69, 9.17) is 0 Å². The lowest BCUT2D eigenvalue weighted by Gasteiger charge is -2.25. The number of hydrogen-bond acceptors (Lipinski definition) is 7. The minimum Gasteiger partial charge on any atom is -0.550 e. The minimum absolute atomic E-state index is 0.0160. The molecule has 0 saturated carbocycles. The monoisotopic (exact) mass is 409 g/mol. The number of aliphatic carboxylic acids is 1. The molecule has 9 heteroatoms. The van der Waals surface area contributed by atoms with Gasteiger partial charge in [-0.15, -0.1) is 0 Å². The van der Waals surface area contributed by atoms with E-state index in [1.165, 1.54) is 36.4 Å². The van der Waals surface area contributed by atoms with Crippen molar-refractivity contribution in [2.75, 3.05) is 6.54 Å². The van der Waals surface area contributed by atoms with E-state index in [9.17, 15) is 34.7 Å². The van der Waals surface area contributed by atoms with Gasteiger partial charge in [0, 0.05) is 24.1 Å². The van der Waals surface area contributed by atoms with E-state index in [1.807, 2.05) is 0 Å². The molecule has 0 spiro atoms. The lowest BCUT2D eigenvalue weighted by atomic mass is 9.94. The maximum absolute atomic E-state index is 12.8. The molecule has 1 aliphatic rings. The quantitative estimate of drug-likeness (QED) is 0.240. The Hall–Kier alpha value is -4.01. The highest BCUT2D eigenvalue weighted by Gasteiger charge is 2.47. The number of likely N-dealkylation sites (tertiary alicyclic amines) is 1. The lowest BCUT2D eigenvalue weighted by Crippen LogP contribution is -2.32. The number of hydrogen-bond donors (Lipinski definition) is 1. The van der Waals surface area contributed by atoms with E-state index in [1.54, 1.807) is 18.2 Å². The van der Waals surface area contributed by atoms with Gasteiger partial charge in [-0.2, -0.15) is 0 Å². The van der Waals surface area contributed by atoms with E-state index in [0.29, 0.717) is 0 Å². The summed E-state index contributed by atoms with van der Waals surface area (Å²) in [4.78, 5) is 48.2. The maximum atomic E-state index is 12.8. The topological polar surface area (TPSA) is 141 Å². The van der Waals surface area contributed by atoms with Crippen molar-refractivity contribution in [2.24, 2.45) is 0 Å². The molecule has 0 aromatic heterocycles. The number of nitrogens with zero attached hydrogens (tertiary/aromatic N) is 2. The third kappa shape index (κ3) is 3.90. The third-order valence-electron chi connectivity index (χ3n) is 4.80. The van der Waals surface area contributed by atoms with Crippen LogP contribution in [0.4, 0.5) is 5.69 Å². The van der Waals surface area contributed by atoms with Crippen LogP contribution < -0.4 is 5.11 Å². The Bertz CT molecular complexity index is 1050. The molecule has 1 heterocycles. The number of nitro benzene ring substituents is 1. The van der Waals surface area contributed by atoms with Gasteiger partial charge in [0.1, 0.15) is 5.76 Å². The first kappa shape index (κ1) is 20.7. The highest BCUT2D eigenvalue weighted by Crippen LogP contribution is 2.42. The number of amides is 1. The van der Waals surface area contributed by atoms with Crippen LogP contribution in [0.2, 0.25) is 0 Å². The second-order valence-electron chi connectivity index (χ2n) is 6.65. The average molecular weight is 409 g/mol. The molecule has 0 aliphatic carbocycles. The predicted octanol–water partition coefficient (Wildman–Crippen LogP) is 1.55. The number of carbonyl (C=O) groups excluding carboxylic acids is 3. The third-order valence-corrected chi connectivity index (χ3v) is 4.80. The number of aliphatic hydroxyl groups is 1. The van der Waals surface area contributed by atoms with Crippen LogP contribution in [0.5, 0.6) is 0 Å². The zero-order valence-corrected chi connectivity index (χ0v) is 15.7. The molecule has 9 nitrogen and oxygen atoms in total. The molecule has 2 aromatic carbocycles. The second-order valence-corrected chi connectivity index (χ2v) is 6.65. The van der Waals surface area contributed by atoms with Crippen LogP contribution in [-0.4, -0.2) is 39.1 Å². The Morgan fingerprint density at radius 1 is 1.07 bits per heavy atom. The number of nitro groups is 1. The summed E-state index contributed by atoms with van der Waals surface area (Å²) < 4.78 is 0. The number of carboxylic acid groups (broad SMARTS) is 1. The van der Waals surface area contributed by atoms with Gasteiger partial charge in [-0.3, -0.25) is 19.7 Å². The summed E-state index contributed by atoms with van der Waals surface area (Å²) in [6.07, 6.45) is -0.372. The predicted molar refractivity (Wildman–Crippen MR) is 103 cm³/mol. The van der Waals surface area contributed by atoms with Gasteiger partial charge in [-0.05, 0) is 18.9 Å². The molecule has 30 heavy (non-hydrogen) atoms. The molecule has 0 unspecified atom stereocenters. The largest absolute Gasteiger partial charge is 0.550 e. The molecule has 1 saturated heterocycles. The van der Waals surface area contributed by atoms with Gasteiger partial charge in [0.05, 0.1) is 22.1 Å².